The van der Waals surface area contributed by atoms with Gasteiger partial charge in [0.25, 0.3) is 0 Å². The number of carbonyl (C=O) groups is 1. The quantitative estimate of drug-likeness (QED) is 0.755. The van der Waals surface area contributed by atoms with Crippen LogP contribution in [0.3, 0.4) is 0 Å². The van der Waals surface area contributed by atoms with Crippen molar-refractivity contribution >= 4 is 17.7 Å². The molecular formula is C10H12O2S. The van der Waals surface area contributed by atoms with Crippen LogP contribution >= 0.6 is 11.8 Å². The molecule has 0 radical (unpaired) electrons. The van der Waals surface area contributed by atoms with Gasteiger partial charge in [-0.1, -0.05) is 13.0 Å². The highest BCUT2D eigenvalue weighted by Gasteiger charge is 2.10. The van der Waals surface area contributed by atoms with Crippen LogP contribution in [0.5, 0.6) is 0 Å². The van der Waals surface area contributed by atoms with Crippen LogP contribution in [0.1, 0.15) is 22.8 Å². The van der Waals surface area contributed by atoms with Crippen LogP contribution < -0.4 is 0 Å². The van der Waals surface area contributed by atoms with Gasteiger partial charge in [-0.25, -0.2) is 4.79 Å². The van der Waals surface area contributed by atoms with Gasteiger partial charge in [-0.2, -0.15) is 0 Å². The Labute approximate surface area is 82.0 Å². The molecule has 0 saturated carbocycles. The number of aromatic carboxylic acids is 1. The molecule has 2 nitrogen and oxygen atoms in total. The molecule has 0 heterocycles. The van der Waals surface area contributed by atoms with Crippen molar-refractivity contribution in [3.05, 3.63) is 29.3 Å². The van der Waals surface area contributed by atoms with E-state index in [2.05, 4.69) is 0 Å². The molecule has 0 bridgehead atoms. The number of carboxylic acids is 1. The highest BCUT2D eigenvalue weighted by molar-refractivity contribution is 7.98. The maximum Gasteiger partial charge on any atom is 0.336 e. The minimum absolute atomic E-state index is 0.425. The van der Waals surface area contributed by atoms with Crippen LogP contribution in [0.25, 0.3) is 0 Å². The fourth-order valence-electron chi connectivity index (χ4n) is 1.32. The third-order valence-electron chi connectivity index (χ3n) is 1.94. The zero-order valence-corrected chi connectivity index (χ0v) is 8.52. The summed E-state index contributed by atoms with van der Waals surface area (Å²) in [6, 6.07) is 5.39. The average molecular weight is 196 g/mol. The summed E-state index contributed by atoms with van der Waals surface area (Å²) in [4.78, 5) is 11.9. The first kappa shape index (κ1) is 10.1. The van der Waals surface area contributed by atoms with Crippen LogP contribution in [0, 0.1) is 0 Å². The summed E-state index contributed by atoms with van der Waals surface area (Å²) in [6.07, 6.45) is 2.72. The summed E-state index contributed by atoms with van der Waals surface area (Å²) >= 11 is 1.59. The van der Waals surface area contributed by atoms with Crippen molar-refractivity contribution in [2.45, 2.75) is 18.2 Å². The summed E-state index contributed by atoms with van der Waals surface area (Å²) in [5, 5.41) is 8.91. The van der Waals surface area contributed by atoms with E-state index >= 15 is 0 Å². The first-order chi connectivity index (χ1) is 6.20. The average Bonchev–Trinajstić information content (AvgIpc) is 2.16. The molecule has 1 aromatic rings. The number of carboxylic acid groups (broad SMARTS) is 1. The Bertz CT molecular complexity index is 321. The molecule has 0 atom stereocenters. The van der Waals surface area contributed by atoms with E-state index in [0.29, 0.717) is 5.56 Å². The molecule has 0 aromatic heterocycles. The van der Waals surface area contributed by atoms with Gasteiger partial charge in [0.2, 0.25) is 0 Å². The monoisotopic (exact) mass is 196 g/mol. The molecule has 1 N–H and O–H groups in total. The Hall–Kier alpha value is -0.960. The molecule has 0 aliphatic heterocycles. The van der Waals surface area contributed by atoms with Gasteiger partial charge in [0, 0.05) is 4.90 Å². The minimum Gasteiger partial charge on any atom is -0.478 e. The Kier molecular flexibility index (Phi) is 3.37. The lowest BCUT2D eigenvalue weighted by Crippen LogP contribution is -2.02. The Morgan fingerprint density at radius 3 is 2.69 bits per heavy atom. The molecule has 0 spiro atoms. The lowest BCUT2D eigenvalue weighted by Gasteiger charge is -2.07. The summed E-state index contributed by atoms with van der Waals surface area (Å²) in [6.45, 7) is 1.97. The molecule has 0 fully saturated rings. The van der Waals surface area contributed by atoms with E-state index < -0.39 is 5.97 Å². The van der Waals surface area contributed by atoms with E-state index in [0.717, 1.165) is 16.9 Å². The first-order valence-electron chi connectivity index (χ1n) is 4.09. The van der Waals surface area contributed by atoms with Crippen LogP contribution in [0.15, 0.2) is 23.1 Å². The SMILES string of the molecule is CCc1c(SC)cccc1C(=O)O. The molecule has 0 unspecified atom stereocenters. The van der Waals surface area contributed by atoms with E-state index in [1.807, 2.05) is 19.2 Å². The molecule has 70 valence electrons. The van der Waals surface area contributed by atoms with Crippen molar-refractivity contribution in [2.24, 2.45) is 0 Å². The van der Waals surface area contributed by atoms with Crippen molar-refractivity contribution in [2.75, 3.05) is 6.26 Å². The van der Waals surface area contributed by atoms with Gasteiger partial charge in [-0.05, 0) is 30.4 Å². The normalized spacial score (nSPS) is 10.0. The maximum atomic E-state index is 10.8. The van der Waals surface area contributed by atoms with E-state index in [1.54, 1.807) is 23.9 Å². The van der Waals surface area contributed by atoms with Gasteiger partial charge in [0.1, 0.15) is 0 Å². The molecule has 1 aromatic carbocycles. The second-order valence-corrected chi connectivity index (χ2v) is 3.49. The van der Waals surface area contributed by atoms with Gasteiger partial charge in [-0.3, -0.25) is 0 Å². The number of hydrogen-bond donors (Lipinski definition) is 1. The summed E-state index contributed by atoms with van der Waals surface area (Å²) in [5.41, 5.74) is 1.36. The van der Waals surface area contributed by atoms with Crippen molar-refractivity contribution < 1.29 is 9.90 Å². The van der Waals surface area contributed by atoms with Crippen LogP contribution in [-0.2, 0) is 6.42 Å². The molecule has 3 heteroatoms. The largest absolute Gasteiger partial charge is 0.478 e. The third kappa shape index (κ3) is 2.04. The van der Waals surface area contributed by atoms with Crippen molar-refractivity contribution in [1.29, 1.82) is 0 Å². The zero-order valence-electron chi connectivity index (χ0n) is 7.70. The zero-order chi connectivity index (χ0) is 9.84. The Morgan fingerprint density at radius 1 is 1.54 bits per heavy atom. The molecule has 1 rings (SSSR count). The fraction of sp³-hybridized carbons (Fsp3) is 0.300. The van der Waals surface area contributed by atoms with Crippen LogP contribution in [0.4, 0.5) is 0 Å². The van der Waals surface area contributed by atoms with E-state index in [1.165, 1.54) is 0 Å². The van der Waals surface area contributed by atoms with Crippen molar-refractivity contribution in [3.63, 3.8) is 0 Å². The fourth-order valence-corrected chi connectivity index (χ4v) is 2.04. The van der Waals surface area contributed by atoms with Gasteiger partial charge in [0.15, 0.2) is 0 Å². The topological polar surface area (TPSA) is 37.3 Å². The highest BCUT2D eigenvalue weighted by Crippen LogP contribution is 2.23. The maximum absolute atomic E-state index is 10.8. The van der Waals surface area contributed by atoms with Crippen LogP contribution in [0.2, 0.25) is 0 Å². The molecule has 0 amide bonds. The molecule has 0 saturated heterocycles. The standard InChI is InChI=1S/C10H12O2S/c1-3-7-8(10(11)12)5-4-6-9(7)13-2/h4-6H,3H2,1-2H3,(H,11,12). The van der Waals surface area contributed by atoms with Gasteiger partial charge >= 0.3 is 5.97 Å². The van der Waals surface area contributed by atoms with E-state index in [4.69, 9.17) is 5.11 Å². The third-order valence-corrected chi connectivity index (χ3v) is 2.76. The summed E-state index contributed by atoms with van der Waals surface area (Å²) < 4.78 is 0. The molecule has 0 aliphatic carbocycles. The lowest BCUT2D eigenvalue weighted by atomic mass is 10.1. The summed E-state index contributed by atoms with van der Waals surface area (Å²) in [7, 11) is 0. The van der Waals surface area contributed by atoms with Crippen molar-refractivity contribution in [1.82, 2.24) is 0 Å². The Balaban J connectivity index is 3.27. The second kappa shape index (κ2) is 4.33. The first-order valence-corrected chi connectivity index (χ1v) is 5.32. The molecule has 0 aliphatic rings. The predicted molar refractivity (Wildman–Crippen MR) is 54.6 cm³/mol. The second-order valence-electron chi connectivity index (χ2n) is 2.65. The molecule has 13 heavy (non-hydrogen) atoms. The predicted octanol–water partition coefficient (Wildman–Crippen LogP) is 2.67. The van der Waals surface area contributed by atoms with Gasteiger partial charge in [-0.15, -0.1) is 11.8 Å². The van der Waals surface area contributed by atoms with Gasteiger partial charge < -0.3 is 5.11 Å². The van der Waals surface area contributed by atoms with E-state index in [9.17, 15) is 4.79 Å². The van der Waals surface area contributed by atoms with Gasteiger partial charge in [0.05, 0.1) is 5.56 Å². The summed E-state index contributed by atoms with van der Waals surface area (Å²) in [5.74, 6) is -0.840. The van der Waals surface area contributed by atoms with Crippen LogP contribution in [-0.4, -0.2) is 17.3 Å². The highest BCUT2D eigenvalue weighted by atomic mass is 32.2. The Morgan fingerprint density at radius 2 is 2.23 bits per heavy atom. The van der Waals surface area contributed by atoms with E-state index in [-0.39, 0.29) is 0 Å². The number of thioether (sulfide) groups is 1. The molecular weight excluding hydrogens is 184 g/mol. The smallest absolute Gasteiger partial charge is 0.336 e. The number of hydrogen-bond acceptors (Lipinski definition) is 2. The minimum atomic E-state index is -0.840. The number of rotatable bonds is 3. The lowest BCUT2D eigenvalue weighted by molar-refractivity contribution is 0.0695. The van der Waals surface area contributed by atoms with Crippen molar-refractivity contribution in [3.8, 4) is 0 Å². The number of benzene rings is 1.